The Morgan fingerprint density at radius 3 is 2.41 bits per heavy atom. The lowest BCUT2D eigenvalue weighted by molar-refractivity contribution is 0.0664. The lowest BCUT2D eigenvalue weighted by Crippen LogP contribution is -2.42. The SMILES string of the molecule is COc1cccc(C2Nc3ccccc3C(=O)N2Cc2ccc(C)cc2)c1OC. The Bertz CT molecular complexity index is 1030. The van der Waals surface area contributed by atoms with Gasteiger partial charge in [-0.15, -0.1) is 0 Å². The quantitative estimate of drug-likeness (QED) is 0.683. The molecule has 1 unspecified atom stereocenters. The average molecular weight is 388 g/mol. The smallest absolute Gasteiger partial charge is 0.258 e. The Morgan fingerprint density at radius 2 is 1.69 bits per heavy atom. The standard InChI is InChI=1S/C24H24N2O3/c1-16-11-13-17(14-12-16)15-26-23(19-8-6-10-21(28-2)22(19)29-3)25-20-9-5-4-7-18(20)24(26)27/h4-14,23,25H,15H2,1-3H3. The molecule has 1 atom stereocenters. The zero-order chi connectivity index (χ0) is 20.4. The van der Waals surface area contributed by atoms with Gasteiger partial charge in [0.15, 0.2) is 11.5 Å². The lowest BCUT2D eigenvalue weighted by Gasteiger charge is -2.38. The Labute approximate surface area is 170 Å². The molecule has 1 N–H and O–H groups in total. The summed E-state index contributed by atoms with van der Waals surface area (Å²) in [5.74, 6) is 1.23. The van der Waals surface area contributed by atoms with E-state index >= 15 is 0 Å². The molecule has 0 saturated carbocycles. The van der Waals surface area contributed by atoms with Crippen LogP contribution in [0.3, 0.4) is 0 Å². The summed E-state index contributed by atoms with van der Waals surface area (Å²) in [5, 5.41) is 3.52. The van der Waals surface area contributed by atoms with E-state index in [1.54, 1.807) is 14.2 Å². The highest BCUT2D eigenvalue weighted by molar-refractivity contribution is 6.01. The van der Waals surface area contributed by atoms with E-state index in [1.807, 2.05) is 47.4 Å². The van der Waals surface area contributed by atoms with Gasteiger partial charge in [-0.2, -0.15) is 0 Å². The minimum Gasteiger partial charge on any atom is -0.493 e. The second-order valence-corrected chi connectivity index (χ2v) is 7.09. The first-order valence-corrected chi connectivity index (χ1v) is 9.55. The van der Waals surface area contributed by atoms with Gasteiger partial charge in [-0.3, -0.25) is 4.79 Å². The predicted octanol–water partition coefficient (Wildman–Crippen LogP) is 4.78. The van der Waals surface area contributed by atoms with Crippen LogP contribution < -0.4 is 14.8 Å². The van der Waals surface area contributed by atoms with Gasteiger partial charge in [-0.1, -0.05) is 54.1 Å². The molecule has 5 nitrogen and oxygen atoms in total. The second kappa shape index (κ2) is 7.87. The van der Waals surface area contributed by atoms with Gasteiger partial charge in [0.05, 0.1) is 19.8 Å². The topological polar surface area (TPSA) is 50.8 Å². The van der Waals surface area contributed by atoms with Gasteiger partial charge in [0.2, 0.25) is 0 Å². The zero-order valence-corrected chi connectivity index (χ0v) is 16.8. The van der Waals surface area contributed by atoms with Gasteiger partial charge in [-0.25, -0.2) is 0 Å². The molecule has 0 bridgehead atoms. The largest absolute Gasteiger partial charge is 0.493 e. The molecule has 1 amide bonds. The number of fused-ring (bicyclic) bond motifs is 1. The van der Waals surface area contributed by atoms with Crippen LogP contribution in [0, 0.1) is 6.92 Å². The molecule has 0 fully saturated rings. The van der Waals surface area contributed by atoms with Crippen LogP contribution in [-0.4, -0.2) is 25.0 Å². The fourth-order valence-corrected chi connectivity index (χ4v) is 3.72. The normalized spacial score (nSPS) is 15.5. The summed E-state index contributed by atoms with van der Waals surface area (Å²) in [5.41, 5.74) is 4.58. The van der Waals surface area contributed by atoms with Gasteiger partial charge >= 0.3 is 0 Å². The van der Waals surface area contributed by atoms with Crippen LogP contribution >= 0.6 is 0 Å². The highest BCUT2D eigenvalue weighted by atomic mass is 16.5. The van der Waals surface area contributed by atoms with Crippen molar-refractivity contribution < 1.29 is 14.3 Å². The summed E-state index contributed by atoms with van der Waals surface area (Å²) in [6, 6.07) is 21.6. The summed E-state index contributed by atoms with van der Waals surface area (Å²) >= 11 is 0. The average Bonchev–Trinajstić information content (AvgIpc) is 2.76. The van der Waals surface area contributed by atoms with Crippen molar-refractivity contribution in [3.8, 4) is 11.5 Å². The van der Waals surface area contributed by atoms with Crippen LogP contribution in [-0.2, 0) is 6.54 Å². The minimum atomic E-state index is -0.385. The maximum atomic E-state index is 13.4. The highest BCUT2D eigenvalue weighted by Crippen LogP contribution is 2.41. The Balaban J connectivity index is 1.81. The number of amides is 1. The summed E-state index contributed by atoms with van der Waals surface area (Å²) in [7, 11) is 3.23. The van der Waals surface area contributed by atoms with Crippen LogP contribution in [0.5, 0.6) is 11.5 Å². The number of carbonyl (C=O) groups is 1. The van der Waals surface area contributed by atoms with E-state index in [9.17, 15) is 4.79 Å². The molecule has 29 heavy (non-hydrogen) atoms. The lowest BCUT2D eigenvalue weighted by atomic mass is 10.0. The summed E-state index contributed by atoms with van der Waals surface area (Å²) in [4.78, 5) is 15.3. The Kier molecular flexibility index (Phi) is 5.12. The van der Waals surface area contributed by atoms with Crippen molar-refractivity contribution in [2.45, 2.75) is 19.6 Å². The van der Waals surface area contributed by atoms with E-state index < -0.39 is 0 Å². The van der Waals surface area contributed by atoms with E-state index in [2.05, 4.69) is 36.5 Å². The molecule has 3 aromatic carbocycles. The molecule has 148 valence electrons. The number of nitrogens with zero attached hydrogens (tertiary/aromatic N) is 1. The van der Waals surface area contributed by atoms with Crippen LogP contribution in [0.2, 0.25) is 0 Å². The predicted molar refractivity (Wildman–Crippen MR) is 113 cm³/mol. The first-order chi connectivity index (χ1) is 14.1. The van der Waals surface area contributed by atoms with Crippen molar-refractivity contribution >= 4 is 11.6 Å². The molecule has 5 heteroatoms. The summed E-state index contributed by atoms with van der Waals surface area (Å²) < 4.78 is 11.1. The first kappa shape index (κ1) is 18.9. The van der Waals surface area contributed by atoms with Crippen LogP contribution in [0.25, 0.3) is 0 Å². The third kappa shape index (κ3) is 3.51. The number of rotatable bonds is 5. The van der Waals surface area contributed by atoms with E-state index in [0.29, 0.717) is 23.6 Å². The Hall–Kier alpha value is -3.47. The van der Waals surface area contributed by atoms with Gasteiger partial charge in [-0.05, 0) is 30.7 Å². The number of methoxy groups -OCH3 is 2. The third-order valence-corrected chi connectivity index (χ3v) is 5.22. The minimum absolute atomic E-state index is 0.0187. The van der Waals surface area contributed by atoms with Crippen LogP contribution in [0.4, 0.5) is 5.69 Å². The molecule has 0 saturated heterocycles. The molecule has 1 aliphatic rings. The number of benzene rings is 3. The van der Waals surface area contributed by atoms with Gasteiger partial charge < -0.3 is 19.7 Å². The number of hydrogen-bond donors (Lipinski definition) is 1. The Morgan fingerprint density at radius 1 is 0.931 bits per heavy atom. The monoisotopic (exact) mass is 388 g/mol. The van der Waals surface area contributed by atoms with E-state index in [0.717, 1.165) is 16.8 Å². The highest BCUT2D eigenvalue weighted by Gasteiger charge is 2.35. The molecule has 0 spiro atoms. The molecule has 0 aromatic heterocycles. The van der Waals surface area contributed by atoms with Crippen molar-refractivity contribution in [3.63, 3.8) is 0 Å². The van der Waals surface area contributed by atoms with Gasteiger partial charge in [0, 0.05) is 17.8 Å². The van der Waals surface area contributed by atoms with Crippen molar-refractivity contribution in [1.29, 1.82) is 0 Å². The number of anilines is 1. The molecular weight excluding hydrogens is 364 g/mol. The fourth-order valence-electron chi connectivity index (χ4n) is 3.72. The van der Waals surface area contributed by atoms with Crippen molar-refractivity contribution in [3.05, 3.63) is 89.0 Å². The van der Waals surface area contributed by atoms with Crippen LogP contribution in [0.15, 0.2) is 66.7 Å². The van der Waals surface area contributed by atoms with Gasteiger partial charge in [0.25, 0.3) is 5.91 Å². The maximum absolute atomic E-state index is 13.4. The number of carbonyl (C=O) groups excluding carboxylic acids is 1. The molecule has 4 rings (SSSR count). The van der Waals surface area contributed by atoms with Crippen LogP contribution in [0.1, 0.15) is 33.2 Å². The molecule has 0 radical (unpaired) electrons. The third-order valence-electron chi connectivity index (χ3n) is 5.22. The molecule has 0 aliphatic carbocycles. The van der Waals surface area contributed by atoms with E-state index in [-0.39, 0.29) is 12.1 Å². The number of nitrogens with one attached hydrogen (secondary N) is 1. The van der Waals surface area contributed by atoms with Crippen molar-refractivity contribution in [2.24, 2.45) is 0 Å². The summed E-state index contributed by atoms with van der Waals surface area (Å²) in [6.45, 7) is 2.53. The number of ether oxygens (including phenoxy) is 2. The first-order valence-electron chi connectivity index (χ1n) is 9.55. The number of para-hydroxylation sites is 2. The number of hydrogen-bond acceptors (Lipinski definition) is 4. The molecule has 1 aliphatic heterocycles. The van der Waals surface area contributed by atoms with E-state index in [1.165, 1.54) is 5.56 Å². The van der Waals surface area contributed by atoms with E-state index in [4.69, 9.17) is 9.47 Å². The molecular formula is C24H24N2O3. The van der Waals surface area contributed by atoms with Crippen molar-refractivity contribution in [2.75, 3.05) is 19.5 Å². The summed E-state index contributed by atoms with van der Waals surface area (Å²) in [6.07, 6.45) is -0.385. The number of aryl methyl sites for hydroxylation is 1. The molecule has 3 aromatic rings. The zero-order valence-electron chi connectivity index (χ0n) is 16.8. The second-order valence-electron chi connectivity index (χ2n) is 7.09. The maximum Gasteiger partial charge on any atom is 0.258 e. The van der Waals surface area contributed by atoms with Gasteiger partial charge in [0.1, 0.15) is 6.17 Å². The van der Waals surface area contributed by atoms with Crippen molar-refractivity contribution in [1.82, 2.24) is 4.90 Å². The molecule has 1 heterocycles. The fraction of sp³-hybridized carbons (Fsp3) is 0.208.